The number of aromatic nitrogens is 1. The van der Waals surface area contributed by atoms with Crippen LogP contribution in [0.5, 0.6) is 0 Å². The smallest absolute Gasteiger partial charge is 0.305 e. The molecule has 0 spiro atoms. The second-order valence-corrected chi connectivity index (χ2v) is 5.18. The molecule has 0 aliphatic heterocycles. The van der Waals surface area contributed by atoms with Gasteiger partial charge in [-0.3, -0.25) is 4.79 Å². The van der Waals surface area contributed by atoms with Gasteiger partial charge in [-0.25, -0.2) is 4.98 Å². The molecule has 1 heterocycles. The lowest BCUT2D eigenvalue weighted by Crippen LogP contribution is -2.24. The van der Waals surface area contributed by atoms with Crippen LogP contribution in [0.4, 0.5) is 5.82 Å². The van der Waals surface area contributed by atoms with Crippen molar-refractivity contribution in [2.75, 3.05) is 5.32 Å². The van der Waals surface area contributed by atoms with Crippen LogP contribution >= 0.6 is 0 Å². The second kappa shape index (κ2) is 6.38. The molecule has 1 aliphatic rings. The molecule has 0 fully saturated rings. The summed E-state index contributed by atoms with van der Waals surface area (Å²) < 4.78 is 0. The zero-order chi connectivity index (χ0) is 14.5. The number of aliphatic carboxylic acids is 1. The van der Waals surface area contributed by atoms with E-state index in [1.165, 1.54) is 0 Å². The number of carboxylic acid groups (broad SMARTS) is 1. The number of fused-ring (bicyclic) bond motifs is 1. The van der Waals surface area contributed by atoms with E-state index >= 15 is 0 Å². The van der Waals surface area contributed by atoms with Gasteiger partial charge >= 0.3 is 5.97 Å². The Morgan fingerprint density at radius 1 is 1.60 bits per heavy atom. The molecular weight excluding hydrogens is 254 g/mol. The predicted molar refractivity (Wildman–Crippen MR) is 75.5 cm³/mol. The predicted octanol–water partition coefficient (Wildman–Crippen LogP) is 2.50. The molecule has 106 valence electrons. The molecule has 0 aromatic carbocycles. The Balaban J connectivity index is 2.22. The number of pyridine rings is 1. The van der Waals surface area contributed by atoms with Crippen LogP contribution in [-0.4, -0.2) is 22.1 Å². The first kappa shape index (κ1) is 14.3. The van der Waals surface area contributed by atoms with Crippen LogP contribution in [0.2, 0.25) is 0 Å². The van der Waals surface area contributed by atoms with Gasteiger partial charge in [-0.05, 0) is 37.3 Å². The highest BCUT2D eigenvalue weighted by molar-refractivity contribution is 5.68. The zero-order valence-electron chi connectivity index (χ0n) is 11.6. The van der Waals surface area contributed by atoms with Crippen molar-refractivity contribution in [3.05, 3.63) is 22.9 Å². The van der Waals surface area contributed by atoms with Gasteiger partial charge in [0.1, 0.15) is 11.9 Å². The van der Waals surface area contributed by atoms with E-state index in [0.29, 0.717) is 11.4 Å². The van der Waals surface area contributed by atoms with E-state index < -0.39 is 5.97 Å². The van der Waals surface area contributed by atoms with Crippen molar-refractivity contribution >= 4 is 11.8 Å². The maximum atomic E-state index is 10.9. The number of carboxylic acids is 1. The Kier molecular flexibility index (Phi) is 4.57. The lowest BCUT2D eigenvalue weighted by molar-refractivity contribution is -0.137. The van der Waals surface area contributed by atoms with Crippen LogP contribution in [0, 0.1) is 11.3 Å². The number of aryl methyl sites for hydroxylation is 2. The van der Waals surface area contributed by atoms with E-state index in [0.717, 1.165) is 43.4 Å². The maximum Gasteiger partial charge on any atom is 0.305 e. The molecule has 0 saturated carbocycles. The lowest BCUT2D eigenvalue weighted by Gasteiger charge is -2.18. The number of carbonyl (C=O) groups is 1. The lowest BCUT2D eigenvalue weighted by atomic mass is 10.1. The summed E-state index contributed by atoms with van der Waals surface area (Å²) in [6.45, 7) is 2.01. The van der Waals surface area contributed by atoms with Crippen molar-refractivity contribution in [1.82, 2.24) is 4.98 Å². The summed E-state index contributed by atoms with van der Waals surface area (Å²) in [4.78, 5) is 15.4. The number of nitriles is 1. The highest BCUT2D eigenvalue weighted by atomic mass is 16.4. The number of nitrogens with zero attached hydrogens (tertiary/aromatic N) is 2. The average Bonchev–Trinajstić information content (AvgIpc) is 2.84. The van der Waals surface area contributed by atoms with Gasteiger partial charge in [-0.1, -0.05) is 13.3 Å². The molecule has 5 nitrogen and oxygen atoms in total. The summed E-state index contributed by atoms with van der Waals surface area (Å²) in [6, 6.07) is 3.86. The first-order chi connectivity index (χ1) is 9.63. The SMILES string of the molecule is CCCC(CC(=O)O)Nc1nc2c(cc1C#N)CCC2. The number of nitrogens with one attached hydrogen (secondary N) is 1. The molecule has 0 radical (unpaired) electrons. The highest BCUT2D eigenvalue weighted by Crippen LogP contribution is 2.25. The first-order valence-electron chi connectivity index (χ1n) is 7.05. The molecule has 2 rings (SSSR count). The Labute approximate surface area is 118 Å². The molecule has 5 heteroatoms. The topological polar surface area (TPSA) is 86.0 Å². The molecule has 0 amide bonds. The Morgan fingerprint density at radius 3 is 3.05 bits per heavy atom. The molecule has 0 saturated heterocycles. The Bertz CT molecular complexity index is 549. The van der Waals surface area contributed by atoms with Crippen molar-refractivity contribution in [3.8, 4) is 6.07 Å². The molecule has 2 N–H and O–H groups in total. The molecule has 1 aromatic rings. The molecule has 1 aromatic heterocycles. The summed E-state index contributed by atoms with van der Waals surface area (Å²) in [6.07, 6.45) is 4.66. The Morgan fingerprint density at radius 2 is 2.40 bits per heavy atom. The summed E-state index contributed by atoms with van der Waals surface area (Å²) in [5, 5.41) is 21.3. The molecule has 0 bridgehead atoms. The largest absolute Gasteiger partial charge is 0.481 e. The number of anilines is 1. The summed E-state index contributed by atoms with van der Waals surface area (Å²) in [5.74, 6) is -0.302. The van der Waals surface area contributed by atoms with Gasteiger partial charge < -0.3 is 10.4 Å². The third kappa shape index (κ3) is 3.27. The third-order valence-corrected chi connectivity index (χ3v) is 3.57. The van der Waals surface area contributed by atoms with Gasteiger partial charge in [0.05, 0.1) is 12.0 Å². The van der Waals surface area contributed by atoms with Gasteiger partial charge in [0, 0.05) is 11.7 Å². The quantitative estimate of drug-likeness (QED) is 0.831. The van der Waals surface area contributed by atoms with Crippen LogP contribution in [0.15, 0.2) is 6.07 Å². The normalized spacial score (nSPS) is 14.4. The average molecular weight is 273 g/mol. The van der Waals surface area contributed by atoms with E-state index in [2.05, 4.69) is 16.4 Å². The van der Waals surface area contributed by atoms with Gasteiger partial charge in [0.25, 0.3) is 0 Å². The van der Waals surface area contributed by atoms with Crippen molar-refractivity contribution < 1.29 is 9.90 Å². The standard InChI is InChI=1S/C15H19N3O2/c1-2-4-12(8-14(19)20)17-15-11(9-16)7-10-5-3-6-13(10)18-15/h7,12H,2-6,8H2,1H3,(H,17,18)(H,19,20). The first-order valence-corrected chi connectivity index (χ1v) is 7.05. The van der Waals surface area contributed by atoms with Crippen molar-refractivity contribution in [1.29, 1.82) is 5.26 Å². The monoisotopic (exact) mass is 273 g/mol. The fourth-order valence-electron chi connectivity index (χ4n) is 2.65. The molecule has 1 aliphatic carbocycles. The third-order valence-electron chi connectivity index (χ3n) is 3.57. The van der Waals surface area contributed by atoms with Crippen LogP contribution in [-0.2, 0) is 17.6 Å². The second-order valence-electron chi connectivity index (χ2n) is 5.18. The zero-order valence-corrected chi connectivity index (χ0v) is 11.6. The fraction of sp³-hybridized carbons (Fsp3) is 0.533. The minimum Gasteiger partial charge on any atom is -0.481 e. The van der Waals surface area contributed by atoms with E-state index in [1.807, 2.05) is 13.0 Å². The minimum absolute atomic E-state index is 0.0392. The molecule has 1 unspecified atom stereocenters. The van der Waals surface area contributed by atoms with Gasteiger partial charge in [0.2, 0.25) is 0 Å². The van der Waals surface area contributed by atoms with E-state index in [9.17, 15) is 10.1 Å². The summed E-state index contributed by atoms with van der Waals surface area (Å²) in [7, 11) is 0. The van der Waals surface area contributed by atoms with E-state index in [4.69, 9.17) is 5.11 Å². The summed E-state index contributed by atoms with van der Waals surface area (Å²) in [5.41, 5.74) is 2.70. The minimum atomic E-state index is -0.837. The highest BCUT2D eigenvalue weighted by Gasteiger charge is 2.19. The number of hydrogen-bond donors (Lipinski definition) is 2. The van der Waals surface area contributed by atoms with Crippen molar-refractivity contribution in [2.24, 2.45) is 0 Å². The Hall–Kier alpha value is -2.09. The molecule has 1 atom stereocenters. The van der Waals surface area contributed by atoms with Crippen LogP contribution < -0.4 is 5.32 Å². The molecular formula is C15H19N3O2. The van der Waals surface area contributed by atoms with Crippen LogP contribution in [0.1, 0.15) is 49.4 Å². The number of rotatable bonds is 6. The van der Waals surface area contributed by atoms with Gasteiger partial charge in [0.15, 0.2) is 0 Å². The van der Waals surface area contributed by atoms with Crippen LogP contribution in [0.3, 0.4) is 0 Å². The van der Waals surface area contributed by atoms with Crippen molar-refractivity contribution in [3.63, 3.8) is 0 Å². The van der Waals surface area contributed by atoms with Gasteiger partial charge in [-0.2, -0.15) is 5.26 Å². The number of hydrogen-bond acceptors (Lipinski definition) is 4. The van der Waals surface area contributed by atoms with Crippen LogP contribution in [0.25, 0.3) is 0 Å². The van der Waals surface area contributed by atoms with Crippen molar-refractivity contribution in [2.45, 2.75) is 51.5 Å². The fourth-order valence-corrected chi connectivity index (χ4v) is 2.65. The van der Waals surface area contributed by atoms with Gasteiger partial charge in [-0.15, -0.1) is 0 Å². The summed E-state index contributed by atoms with van der Waals surface area (Å²) >= 11 is 0. The maximum absolute atomic E-state index is 10.9. The van der Waals surface area contributed by atoms with E-state index in [1.54, 1.807) is 0 Å². The van der Waals surface area contributed by atoms with E-state index in [-0.39, 0.29) is 12.5 Å². The molecule has 20 heavy (non-hydrogen) atoms.